The lowest BCUT2D eigenvalue weighted by Crippen LogP contribution is -2.53. The summed E-state index contributed by atoms with van der Waals surface area (Å²) in [6.45, 7) is 5.98. The Hall–Kier alpha value is -2.25. The van der Waals surface area contributed by atoms with Gasteiger partial charge in [0.15, 0.2) is 5.82 Å². The molecule has 29 heavy (non-hydrogen) atoms. The second kappa shape index (κ2) is 7.22. The van der Waals surface area contributed by atoms with Crippen LogP contribution in [0.2, 0.25) is 0 Å². The molecule has 7 nitrogen and oxygen atoms in total. The number of hydrogen-bond donors (Lipinski definition) is 0. The van der Waals surface area contributed by atoms with Gasteiger partial charge in [-0.25, -0.2) is 4.68 Å². The van der Waals surface area contributed by atoms with E-state index >= 15 is 0 Å². The Morgan fingerprint density at radius 2 is 1.86 bits per heavy atom. The van der Waals surface area contributed by atoms with Gasteiger partial charge in [0.1, 0.15) is 12.2 Å². The molecule has 5 rings (SSSR count). The molecule has 2 aromatic rings. The van der Waals surface area contributed by atoms with Gasteiger partial charge in [0.25, 0.3) is 0 Å². The topological polar surface area (TPSA) is 69.4 Å². The molecule has 0 N–H and O–H groups in total. The molecule has 1 aromatic carbocycles. The van der Waals surface area contributed by atoms with Gasteiger partial charge in [-0.2, -0.15) is 5.10 Å². The number of likely N-dealkylation sites (tertiary alicyclic amines) is 1. The van der Waals surface area contributed by atoms with Gasteiger partial charge in [-0.1, -0.05) is 31.2 Å². The van der Waals surface area contributed by atoms with Crippen LogP contribution in [0.5, 0.6) is 0 Å². The van der Waals surface area contributed by atoms with Crippen LogP contribution >= 0.6 is 0 Å². The third kappa shape index (κ3) is 3.69. The molecule has 0 unspecified atom stereocenters. The highest BCUT2D eigenvalue weighted by molar-refractivity contribution is 5.22. The van der Waals surface area contributed by atoms with E-state index < -0.39 is 16.7 Å². The van der Waals surface area contributed by atoms with E-state index in [9.17, 15) is 9.59 Å². The monoisotopic (exact) mass is 396 g/mol. The van der Waals surface area contributed by atoms with Gasteiger partial charge in [-0.3, -0.25) is 19.1 Å². The zero-order chi connectivity index (χ0) is 20.0. The van der Waals surface area contributed by atoms with Crippen molar-refractivity contribution in [2.75, 3.05) is 13.1 Å². The summed E-state index contributed by atoms with van der Waals surface area (Å²) in [5.74, 6) is 1.07. The van der Waals surface area contributed by atoms with Crippen LogP contribution in [-0.4, -0.2) is 37.9 Å². The van der Waals surface area contributed by atoms with Gasteiger partial charge in [-0.05, 0) is 42.7 Å². The highest BCUT2D eigenvalue weighted by Gasteiger charge is 2.43. The molecule has 3 aliphatic rings. The summed E-state index contributed by atoms with van der Waals surface area (Å²) in [6.07, 6.45) is 4.13. The van der Waals surface area contributed by atoms with E-state index in [1.54, 1.807) is 4.57 Å². The van der Waals surface area contributed by atoms with E-state index in [2.05, 4.69) is 41.2 Å². The third-order valence-electron chi connectivity index (χ3n) is 6.52. The number of nitrogens with zero attached hydrogens (tertiary/aromatic N) is 4. The Bertz CT molecular complexity index is 1020. The highest BCUT2D eigenvalue weighted by Crippen LogP contribution is 2.32. The quantitative estimate of drug-likeness (QED) is 0.718. The van der Waals surface area contributed by atoms with Crippen molar-refractivity contribution in [1.29, 1.82) is 0 Å². The summed E-state index contributed by atoms with van der Waals surface area (Å²) in [5, 5.41) is 4.44. The first-order chi connectivity index (χ1) is 14.0. The molecule has 0 radical (unpaired) electrons. The van der Waals surface area contributed by atoms with E-state index in [-0.39, 0.29) is 0 Å². The van der Waals surface area contributed by atoms with Crippen LogP contribution in [-0.2, 0) is 37.4 Å². The van der Waals surface area contributed by atoms with Crippen LogP contribution < -0.4 is 11.1 Å². The van der Waals surface area contributed by atoms with E-state index in [0.717, 1.165) is 45.3 Å². The van der Waals surface area contributed by atoms with Gasteiger partial charge >= 0.3 is 11.1 Å². The Morgan fingerprint density at radius 3 is 2.59 bits per heavy atom. The van der Waals surface area contributed by atoms with Gasteiger partial charge in [0.05, 0.1) is 6.54 Å². The van der Waals surface area contributed by atoms with E-state index in [0.29, 0.717) is 31.4 Å². The van der Waals surface area contributed by atoms with Crippen molar-refractivity contribution in [2.45, 2.75) is 64.4 Å². The molecule has 3 heterocycles. The highest BCUT2D eigenvalue weighted by atomic mass is 16.5. The molecule has 1 atom stereocenters. The number of aromatic nitrogens is 3. The van der Waals surface area contributed by atoms with Gasteiger partial charge in [-0.15, -0.1) is 0 Å². The maximum absolute atomic E-state index is 12.7. The largest absolute Gasteiger partial charge is 0.364 e. The Morgan fingerprint density at radius 1 is 1.10 bits per heavy atom. The van der Waals surface area contributed by atoms with Crippen LogP contribution in [0.3, 0.4) is 0 Å². The zero-order valence-electron chi connectivity index (χ0n) is 17.0. The molecule has 1 spiro atoms. The van der Waals surface area contributed by atoms with Crippen LogP contribution in [0, 0.1) is 5.92 Å². The number of ether oxygens (including phenoxy) is 1. The Kier molecular flexibility index (Phi) is 4.67. The van der Waals surface area contributed by atoms with Crippen LogP contribution in [0.4, 0.5) is 0 Å². The maximum Gasteiger partial charge on any atom is 0.332 e. The fourth-order valence-corrected chi connectivity index (χ4v) is 4.52. The fraction of sp³-hybridized carbons (Fsp3) is 0.591. The minimum absolute atomic E-state index is 0.291. The number of rotatable bonds is 5. The molecule has 0 amide bonds. The lowest BCUT2D eigenvalue weighted by atomic mass is 10.0. The average molecular weight is 396 g/mol. The lowest BCUT2D eigenvalue weighted by Gasteiger charge is -2.35. The Labute approximate surface area is 169 Å². The Balaban J connectivity index is 1.31. The van der Waals surface area contributed by atoms with Crippen molar-refractivity contribution in [3.05, 3.63) is 61.9 Å². The van der Waals surface area contributed by atoms with Gasteiger partial charge in [0.2, 0.25) is 0 Å². The van der Waals surface area contributed by atoms with Crippen molar-refractivity contribution in [1.82, 2.24) is 19.2 Å². The third-order valence-corrected chi connectivity index (χ3v) is 6.52. The number of benzene rings is 1. The van der Waals surface area contributed by atoms with Gasteiger partial charge < -0.3 is 4.74 Å². The molecule has 154 valence electrons. The fourth-order valence-electron chi connectivity index (χ4n) is 4.52. The van der Waals surface area contributed by atoms with Crippen LogP contribution in [0.25, 0.3) is 0 Å². The van der Waals surface area contributed by atoms with Gasteiger partial charge in [0, 0.05) is 26.2 Å². The molecular formula is C22H28N4O3. The molecular weight excluding hydrogens is 368 g/mol. The summed E-state index contributed by atoms with van der Waals surface area (Å²) in [6, 6.07) is 8.76. The standard InChI is InChI=1S/C22H28N4O3/c1-2-16-3-5-17(6-4-16)11-24-10-9-22(14-24)15-25-19(13-29-22)23-26(12-18-7-8-18)21(28)20(25)27/h3-6,18H,2,7-15H2,1H3/t22-/m0/s1. The molecule has 7 heteroatoms. The summed E-state index contributed by atoms with van der Waals surface area (Å²) in [5.41, 5.74) is 1.28. The molecule has 2 fully saturated rings. The van der Waals surface area contributed by atoms with Crippen LogP contribution in [0.15, 0.2) is 33.9 Å². The minimum atomic E-state index is -0.497. The lowest BCUT2D eigenvalue weighted by molar-refractivity contribution is -0.0859. The summed E-state index contributed by atoms with van der Waals surface area (Å²) < 4.78 is 9.17. The molecule has 1 aromatic heterocycles. The zero-order valence-corrected chi connectivity index (χ0v) is 17.0. The number of aryl methyl sites for hydroxylation is 1. The molecule has 2 aliphatic heterocycles. The first-order valence-electron chi connectivity index (χ1n) is 10.7. The molecule has 1 saturated carbocycles. The molecule has 1 saturated heterocycles. The first-order valence-corrected chi connectivity index (χ1v) is 10.7. The predicted octanol–water partition coefficient (Wildman–Crippen LogP) is 1.55. The van der Waals surface area contributed by atoms with E-state index in [1.165, 1.54) is 15.8 Å². The van der Waals surface area contributed by atoms with Crippen molar-refractivity contribution in [3.8, 4) is 0 Å². The van der Waals surface area contributed by atoms with E-state index in [4.69, 9.17) is 4.74 Å². The summed E-state index contributed by atoms with van der Waals surface area (Å²) >= 11 is 0. The summed E-state index contributed by atoms with van der Waals surface area (Å²) in [4.78, 5) is 27.6. The first kappa shape index (κ1) is 18.8. The average Bonchev–Trinajstić information content (AvgIpc) is 3.48. The minimum Gasteiger partial charge on any atom is -0.364 e. The normalized spacial score (nSPS) is 24.2. The number of hydrogen-bond acceptors (Lipinski definition) is 5. The summed E-state index contributed by atoms with van der Waals surface area (Å²) in [7, 11) is 0. The van der Waals surface area contributed by atoms with Crippen molar-refractivity contribution >= 4 is 0 Å². The smallest absolute Gasteiger partial charge is 0.332 e. The molecule has 1 aliphatic carbocycles. The predicted molar refractivity (Wildman–Crippen MR) is 109 cm³/mol. The van der Waals surface area contributed by atoms with E-state index in [1.807, 2.05) is 0 Å². The van der Waals surface area contributed by atoms with Crippen LogP contribution in [0.1, 0.15) is 43.1 Å². The van der Waals surface area contributed by atoms with Crippen molar-refractivity contribution in [2.24, 2.45) is 5.92 Å². The maximum atomic E-state index is 12.7. The molecule has 0 bridgehead atoms. The SMILES string of the molecule is CCc1ccc(CN2CC[C@]3(C2)Cn2c(nn(CC4CC4)c(=O)c2=O)CO3)cc1. The van der Waals surface area contributed by atoms with Crippen molar-refractivity contribution < 1.29 is 4.74 Å². The number of fused-ring (bicyclic) bond motifs is 1. The second-order valence-electron chi connectivity index (χ2n) is 8.84. The second-order valence-corrected chi connectivity index (χ2v) is 8.84. The van der Waals surface area contributed by atoms with Crippen molar-refractivity contribution in [3.63, 3.8) is 0 Å².